The number of nitrogens with two attached hydrogens (primary N) is 1. The van der Waals surface area contributed by atoms with E-state index < -0.39 is 6.04 Å². The van der Waals surface area contributed by atoms with Gasteiger partial charge in [-0.05, 0) is 24.8 Å². The molecule has 114 valence electrons. The van der Waals surface area contributed by atoms with Crippen molar-refractivity contribution >= 4 is 11.9 Å². The van der Waals surface area contributed by atoms with Crippen LogP contribution in [-0.4, -0.2) is 35.9 Å². The molecular formula is C16H22N2O3. The summed E-state index contributed by atoms with van der Waals surface area (Å²) in [7, 11) is 0. The summed E-state index contributed by atoms with van der Waals surface area (Å²) in [5, 5.41) is 0. The molecule has 1 aromatic rings. The molecule has 5 heteroatoms. The maximum Gasteiger partial charge on any atom is 0.306 e. The van der Waals surface area contributed by atoms with Gasteiger partial charge in [0.25, 0.3) is 0 Å². The van der Waals surface area contributed by atoms with Gasteiger partial charge in [0.05, 0.1) is 6.04 Å². The molecule has 21 heavy (non-hydrogen) atoms. The van der Waals surface area contributed by atoms with Crippen LogP contribution >= 0.6 is 0 Å². The number of hydrogen-bond acceptors (Lipinski definition) is 4. The molecule has 0 saturated carbocycles. The number of ether oxygens (including phenoxy) is 1. The molecule has 1 heterocycles. The van der Waals surface area contributed by atoms with E-state index in [0.717, 1.165) is 31.5 Å². The first-order chi connectivity index (χ1) is 10.2. The van der Waals surface area contributed by atoms with Crippen molar-refractivity contribution in [3.63, 3.8) is 0 Å². The van der Waals surface area contributed by atoms with Crippen LogP contribution in [0.3, 0.4) is 0 Å². The number of likely N-dealkylation sites (tertiary alicyclic amines) is 1. The van der Waals surface area contributed by atoms with Gasteiger partial charge in [0.15, 0.2) is 0 Å². The quantitative estimate of drug-likeness (QED) is 0.805. The summed E-state index contributed by atoms with van der Waals surface area (Å²) in [6.45, 7) is 1.82. The Kier molecular flexibility index (Phi) is 5.75. The fraction of sp³-hybridized carbons (Fsp3) is 0.500. The predicted octanol–water partition coefficient (Wildman–Crippen LogP) is 1.46. The maximum absolute atomic E-state index is 12.0. The minimum absolute atomic E-state index is 0.0524. The van der Waals surface area contributed by atoms with Crippen LogP contribution in [0.5, 0.6) is 0 Å². The van der Waals surface area contributed by atoms with Crippen molar-refractivity contribution in [2.45, 2.75) is 38.3 Å². The summed E-state index contributed by atoms with van der Waals surface area (Å²) in [4.78, 5) is 25.4. The second-order valence-electron chi connectivity index (χ2n) is 5.32. The minimum atomic E-state index is -0.604. The minimum Gasteiger partial charge on any atom is -0.461 e. The van der Waals surface area contributed by atoms with E-state index in [-0.39, 0.29) is 24.9 Å². The smallest absolute Gasteiger partial charge is 0.306 e. The van der Waals surface area contributed by atoms with Crippen molar-refractivity contribution in [2.75, 3.05) is 13.1 Å². The van der Waals surface area contributed by atoms with Gasteiger partial charge in [-0.15, -0.1) is 0 Å². The van der Waals surface area contributed by atoms with Gasteiger partial charge in [-0.25, -0.2) is 0 Å². The number of benzene rings is 1. The molecule has 5 nitrogen and oxygen atoms in total. The molecule has 0 radical (unpaired) electrons. The van der Waals surface area contributed by atoms with Crippen molar-refractivity contribution in [3.05, 3.63) is 35.9 Å². The van der Waals surface area contributed by atoms with Crippen molar-refractivity contribution < 1.29 is 14.3 Å². The standard InChI is InChI=1S/C16H22N2O3/c17-14(16(20)18-10-4-5-11-18)8-9-15(19)21-12-13-6-2-1-3-7-13/h1-3,6-7,14H,4-5,8-12,17H2. The Labute approximate surface area is 125 Å². The van der Waals surface area contributed by atoms with E-state index >= 15 is 0 Å². The zero-order valence-corrected chi connectivity index (χ0v) is 12.2. The Morgan fingerprint density at radius 1 is 1.19 bits per heavy atom. The maximum atomic E-state index is 12.0. The monoisotopic (exact) mass is 290 g/mol. The topological polar surface area (TPSA) is 72.6 Å². The third-order valence-electron chi connectivity index (χ3n) is 3.64. The van der Waals surface area contributed by atoms with Crippen molar-refractivity contribution in [3.8, 4) is 0 Å². The van der Waals surface area contributed by atoms with E-state index in [1.807, 2.05) is 30.3 Å². The lowest BCUT2D eigenvalue weighted by Crippen LogP contribution is -2.42. The lowest BCUT2D eigenvalue weighted by atomic mass is 10.1. The number of amides is 1. The highest BCUT2D eigenvalue weighted by molar-refractivity contribution is 5.82. The van der Waals surface area contributed by atoms with E-state index in [1.54, 1.807) is 4.90 Å². The third-order valence-corrected chi connectivity index (χ3v) is 3.64. The summed E-state index contributed by atoms with van der Waals surface area (Å²) in [5.74, 6) is -0.369. The van der Waals surface area contributed by atoms with Crippen molar-refractivity contribution in [2.24, 2.45) is 5.73 Å². The van der Waals surface area contributed by atoms with E-state index in [2.05, 4.69) is 0 Å². The average Bonchev–Trinajstić information content (AvgIpc) is 3.05. The Morgan fingerprint density at radius 3 is 2.52 bits per heavy atom. The first kappa shape index (κ1) is 15.5. The molecule has 0 aromatic heterocycles. The van der Waals surface area contributed by atoms with Gasteiger partial charge in [-0.2, -0.15) is 0 Å². The summed E-state index contributed by atoms with van der Waals surface area (Å²) >= 11 is 0. The Hall–Kier alpha value is -1.88. The molecule has 1 amide bonds. The van der Waals surface area contributed by atoms with Gasteiger partial charge in [-0.1, -0.05) is 30.3 Å². The molecular weight excluding hydrogens is 268 g/mol. The predicted molar refractivity (Wildman–Crippen MR) is 79.3 cm³/mol. The number of nitrogens with zero attached hydrogens (tertiary/aromatic N) is 1. The Balaban J connectivity index is 1.67. The second kappa shape index (κ2) is 7.78. The number of rotatable bonds is 6. The highest BCUT2D eigenvalue weighted by atomic mass is 16.5. The van der Waals surface area contributed by atoms with Crippen LogP contribution < -0.4 is 5.73 Å². The van der Waals surface area contributed by atoms with Gasteiger partial charge < -0.3 is 15.4 Å². The van der Waals surface area contributed by atoms with Crippen LogP contribution in [0.15, 0.2) is 30.3 Å². The van der Waals surface area contributed by atoms with Crippen LogP contribution in [0.4, 0.5) is 0 Å². The molecule has 1 fully saturated rings. The first-order valence-electron chi connectivity index (χ1n) is 7.41. The number of hydrogen-bond donors (Lipinski definition) is 1. The van der Waals surface area contributed by atoms with E-state index in [0.29, 0.717) is 6.42 Å². The van der Waals surface area contributed by atoms with Crippen LogP contribution in [0.2, 0.25) is 0 Å². The van der Waals surface area contributed by atoms with Gasteiger partial charge in [0.2, 0.25) is 5.91 Å². The normalized spacial score (nSPS) is 15.8. The van der Waals surface area contributed by atoms with Gasteiger partial charge >= 0.3 is 5.97 Å². The molecule has 0 bridgehead atoms. The second-order valence-corrected chi connectivity index (χ2v) is 5.32. The number of carbonyl (C=O) groups is 2. The average molecular weight is 290 g/mol. The zero-order valence-electron chi connectivity index (χ0n) is 12.2. The van der Waals surface area contributed by atoms with E-state index in [4.69, 9.17) is 10.5 Å². The molecule has 0 aliphatic carbocycles. The van der Waals surface area contributed by atoms with E-state index in [1.165, 1.54) is 0 Å². The van der Waals surface area contributed by atoms with Gasteiger partial charge in [0, 0.05) is 19.5 Å². The highest BCUT2D eigenvalue weighted by Gasteiger charge is 2.24. The third kappa shape index (κ3) is 4.86. The van der Waals surface area contributed by atoms with Gasteiger partial charge in [0.1, 0.15) is 6.61 Å². The molecule has 0 spiro atoms. The van der Waals surface area contributed by atoms with Crippen LogP contribution in [0, 0.1) is 0 Å². The molecule has 1 aliphatic heterocycles. The van der Waals surface area contributed by atoms with Gasteiger partial charge in [-0.3, -0.25) is 9.59 Å². The number of carbonyl (C=O) groups excluding carboxylic acids is 2. The SMILES string of the molecule is NC(CCC(=O)OCc1ccccc1)C(=O)N1CCCC1. The van der Waals surface area contributed by atoms with Crippen LogP contribution in [0.1, 0.15) is 31.2 Å². The summed E-state index contributed by atoms with van der Waals surface area (Å²) in [6, 6.07) is 8.90. The molecule has 2 rings (SSSR count). The first-order valence-corrected chi connectivity index (χ1v) is 7.41. The fourth-order valence-corrected chi connectivity index (χ4v) is 2.38. The molecule has 1 atom stereocenters. The largest absolute Gasteiger partial charge is 0.461 e. The molecule has 1 unspecified atom stereocenters. The summed E-state index contributed by atoms with van der Waals surface area (Å²) in [5.41, 5.74) is 6.80. The molecule has 1 saturated heterocycles. The van der Waals surface area contributed by atoms with Crippen LogP contribution in [0.25, 0.3) is 0 Å². The fourth-order valence-electron chi connectivity index (χ4n) is 2.38. The Morgan fingerprint density at radius 2 is 1.86 bits per heavy atom. The molecule has 1 aliphatic rings. The van der Waals surface area contributed by atoms with Crippen molar-refractivity contribution in [1.29, 1.82) is 0 Å². The molecule has 1 aromatic carbocycles. The highest BCUT2D eigenvalue weighted by Crippen LogP contribution is 2.11. The van der Waals surface area contributed by atoms with E-state index in [9.17, 15) is 9.59 Å². The zero-order chi connectivity index (χ0) is 15.1. The number of esters is 1. The summed E-state index contributed by atoms with van der Waals surface area (Å²) < 4.78 is 5.16. The lowest BCUT2D eigenvalue weighted by Gasteiger charge is -2.19. The van der Waals surface area contributed by atoms with Crippen molar-refractivity contribution in [1.82, 2.24) is 4.90 Å². The molecule has 2 N–H and O–H groups in total. The lowest BCUT2D eigenvalue weighted by molar-refractivity contribution is -0.145. The Bertz CT molecular complexity index is 470. The summed E-state index contributed by atoms with van der Waals surface area (Å²) in [6.07, 6.45) is 2.59. The van der Waals surface area contributed by atoms with Crippen LogP contribution in [-0.2, 0) is 20.9 Å².